The Morgan fingerprint density at radius 3 is 2.44 bits per heavy atom. The van der Waals surface area contributed by atoms with Gasteiger partial charge in [0, 0.05) is 11.7 Å². The fourth-order valence-corrected chi connectivity index (χ4v) is 2.27. The van der Waals surface area contributed by atoms with Gasteiger partial charge in [0.1, 0.15) is 0 Å². The summed E-state index contributed by atoms with van der Waals surface area (Å²) in [6.45, 7) is 3.09. The molecule has 0 aliphatic rings. The Bertz CT molecular complexity index is 820. The van der Waals surface area contributed by atoms with E-state index in [9.17, 15) is 22.8 Å². The van der Waals surface area contributed by atoms with Gasteiger partial charge < -0.3 is 15.4 Å². The third-order valence-corrected chi connectivity index (χ3v) is 3.40. The predicted octanol–water partition coefficient (Wildman–Crippen LogP) is 4.13. The highest BCUT2D eigenvalue weighted by molar-refractivity contribution is 5.97. The van der Waals surface area contributed by atoms with E-state index < -0.39 is 30.2 Å². The van der Waals surface area contributed by atoms with E-state index >= 15 is 0 Å². The number of nitrogens with one attached hydrogen (secondary N) is 2. The van der Waals surface area contributed by atoms with Crippen molar-refractivity contribution in [3.63, 3.8) is 0 Å². The Morgan fingerprint density at radius 2 is 1.78 bits per heavy atom. The Kier molecular flexibility index (Phi) is 6.44. The summed E-state index contributed by atoms with van der Waals surface area (Å²) in [4.78, 5) is 23.8. The molecule has 2 aromatic rings. The first kappa shape index (κ1) is 20.3. The minimum atomic E-state index is -4.47. The number of hydrogen-bond acceptors (Lipinski definition) is 4. The number of anilines is 2. The molecule has 8 heteroatoms. The summed E-state index contributed by atoms with van der Waals surface area (Å²) in [6, 6.07) is 10.7. The molecular weight excluding hydrogens is 361 g/mol. The van der Waals surface area contributed by atoms with E-state index in [2.05, 4.69) is 10.6 Å². The molecule has 0 atom stereocenters. The number of para-hydroxylation sites is 1. The summed E-state index contributed by atoms with van der Waals surface area (Å²) in [5.74, 6) is -1.20. The van der Waals surface area contributed by atoms with Gasteiger partial charge in [-0.05, 0) is 44.2 Å². The van der Waals surface area contributed by atoms with Gasteiger partial charge in [0.2, 0.25) is 0 Å². The number of alkyl halides is 3. The number of halogens is 3. The first-order valence-corrected chi connectivity index (χ1v) is 8.16. The van der Waals surface area contributed by atoms with Crippen molar-refractivity contribution >= 4 is 23.3 Å². The number of esters is 1. The largest absolute Gasteiger partial charge is 0.452 e. The monoisotopic (exact) mass is 380 g/mol. The van der Waals surface area contributed by atoms with Gasteiger partial charge in [0.05, 0.1) is 16.8 Å². The maximum absolute atomic E-state index is 12.8. The van der Waals surface area contributed by atoms with Crippen LogP contribution in [0, 0.1) is 0 Å². The highest BCUT2D eigenvalue weighted by atomic mass is 19.4. The molecule has 0 heterocycles. The van der Waals surface area contributed by atoms with Gasteiger partial charge in [-0.15, -0.1) is 0 Å². The maximum atomic E-state index is 12.8. The van der Waals surface area contributed by atoms with Crippen molar-refractivity contribution in [2.24, 2.45) is 0 Å². The van der Waals surface area contributed by atoms with Gasteiger partial charge in [0.15, 0.2) is 6.61 Å². The number of amides is 1. The molecule has 2 rings (SSSR count). The van der Waals surface area contributed by atoms with Gasteiger partial charge in [-0.25, -0.2) is 4.79 Å². The molecule has 27 heavy (non-hydrogen) atoms. The lowest BCUT2D eigenvalue weighted by molar-refractivity contribution is -0.137. The number of carbonyl (C=O) groups excluding carboxylic acids is 2. The van der Waals surface area contributed by atoms with Crippen LogP contribution in [-0.2, 0) is 15.7 Å². The second kappa shape index (κ2) is 8.57. The number of benzene rings is 2. The van der Waals surface area contributed by atoms with E-state index in [-0.39, 0.29) is 23.0 Å². The molecule has 0 unspecified atom stereocenters. The molecule has 0 saturated carbocycles. The summed E-state index contributed by atoms with van der Waals surface area (Å²) in [5.41, 5.74) is -0.265. The van der Waals surface area contributed by atoms with Crippen LogP contribution < -0.4 is 10.6 Å². The van der Waals surface area contributed by atoms with Crippen molar-refractivity contribution in [2.45, 2.75) is 26.1 Å². The highest BCUT2D eigenvalue weighted by Gasteiger charge is 2.30. The summed E-state index contributed by atoms with van der Waals surface area (Å²) in [7, 11) is 0. The summed E-state index contributed by atoms with van der Waals surface area (Å²) in [5, 5.41) is 5.37. The lowest BCUT2D eigenvalue weighted by atomic mass is 10.1. The fraction of sp³-hybridized carbons (Fsp3) is 0.263. The lowest BCUT2D eigenvalue weighted by Gasteiger charge is -2.14. The van der Waals surface area contributed by atoms with Crippen molar-refractivity contribution < 1.29 is 27.5 Å². The Balaban J connectivity index is 2.14. The molecule has 0 aliphatic heterocycles. The average Bonchev–Trinajstić information content (AvgIpc) is 2.59. The van der Waals surface area contributed by atoms with E-state index in [0.717, 1.165) is 12.1 Å². The van der Waals surface area contributed by atoms with Crippen LogP contribution in [0.4, 0.5) is 24.5 Å². The van der Waals surface area contributed by atoms with E-state index in [1.54, 1.807) is 26.0 Å². The number of rotatable bonds is 6. The normalized spacial score (nSPS) is 11.2. The van der Waals surface area contributed by atoms with E-state index in [1.165, 1.54) is 24.3 Å². The smallest absolute Gasteiger partial charge is 0.416 e. The van der Waals surface area contributed by atoms with Crippen LogP contribution in [0.1, 0.15) is 29.8 Å². The van der Waals surface area contributed by atoms with Crippen LogP contribution in [0.2, 0.25) is 0 Å². The van der Waals surface area contributed by atoms with Crippen molar-refractivity contribution in [3.8, 4) is 0 Å². The summed E-state index contributed by atoms with van der Waals surface area (Å²) < 4.78 is 43.5. The van der Waals surface area contributed by atoms with Gasteiger partial charge in [-0.2, -0.15) is 13.2 Å². The lowest BCUT2D eigenvalue weighted by Crippen LogP contribution is -2.34. The molecule has 0 saturated heterocycles. The zero-order valence-electron chi connectivity index (χ0n) is 14.8. The number of hydrogen-bond donors (Lipinski definition) is 2. The molecule has 1 amide bonds. The Hall–Kier alpha value is -3.03. The van der Waals surface area contributed by atoms with Crippen molar-refractivity contribution in [2.75, 3.05) is 11.9 Å². The third-order valence-electron chi connectivity index (χ3n) is 3.40. The first-order chi connectivity index (χ1) is 12.7. The quantitative estimate of drug-likeness (QED) is 0.740. The molecule has 2 aromatic carbocycles. The van der Waals surface area contributed by atoms with Crippen LogP contribution in [0.3, 0.4) is 0 Å². The van der Waals surface area contributed by atoms with Crippen LogP contribution in [0.25, 0.3) is 0 Å². The predicted molar refractivity (Wildman–Crippen MR) is 94.7 cm³/mol. The molecule has 0 aromatic heterocycles. The highest BCUT2D eigenvalue weighted by Crippen LogP contribution is 2.31. The van der Waals surface area contributed by atoms with Crippen molar-refractivity contribution in [1.29, 1.82) is 0 Å². The van der Waals surface area contributed by atoms with Gasteiger partial charge in [-0.1, -0.05) is 18.2 Å². The minimum absolute atomic E-state index is 0.0916. The number of carbonyl (C=O) groups is 2. The van der Waals surface area contributed by atoms with E-state index in [4.69, 9.17) is 4.74 Å². The summed E-state index contributed by atoms with van der Waals surface area (Å²) in [6.07, 6.45) is -4.47. The molecule has 144 valence electrons. The molecule has 5 nitrogen and oxygen atoms in total. The van der Waals surface area contributed by atoms with E-state index in [1.807, 2.05) is 0 Å². The van der Waals surface area contributed by atoms with Crippen LogP contribution >= 0.6 is 0 Å². The average molecular weight is 380 g/mol. The van der Waals surface area contributed by atoms with Crippen LogP contribution in [-0.4, -0.2) is 24.5 Å². The third kappa shape index (κ3) is 6.02. The second-order valence-electron chi connectivity index (χ2n) is 6.05. The van der Waals surface area contributed by atoms with Crippen LogP contribution in [0.15, 0.2) is 48.5 Å². The Labute approximate surface area is 154 Å². The van der Waals surface area contributed by atoms with Gasteiger partial charge in [0.25, 0.3) is 5.91 Å². The van der Waals surface area contributed by atoms with Gasteiger partial charge in [-0.3, -0.25) is 4.79 Å². The number of ether oxygens (including phenoxy) is 1. The van der Waals surface area contributed by atoms with E-state index in [0.29, 0.717) is 0 Å². The standard InChI is InChI=1S/C19H19F3N2O3/c1-12(2)23-17(25)11-27-18(26)15-8-3-4-9-16(15)24-14-7-5-6-13(10-14)19(20,21)22/h3-10,12,24H,11H2,1-2H3,(H,23,25). The Morgan fingerprint density at radius 1 is 1.07 bits per heavy atom. The zero-order valence-corrected chi connectivity index (χ0v) is 14.8. The molecule has 2 N–H and O–H groups in total. The van der Waals surface area contributed by atoms with Crippen molar-refractivity contribution in [1.82, 2.24) is 5.32 Å². The molecule has 0 radical (unpaired) electrons. The topological polar surface area (TPSA) is 67.4 Å². The van der Waals surface area contributed by atoms with Crippen LogP contribution in [0.5, 0.6) is 0 Å². The minimum Gasteiger partial charge on any atom is -0.452 e. The van der Waals surface area contributed by atoms with Crippen molar-refractivity contribution in [3.05, 3.63) is 59.7 Å². The SMILES string of the molecule is CC(C)NC(=O)COC(=O)c1ccccc1Nc1cccc(C(F)(F)F)c1. The molecule has 0 spiro atoms. The molecule has 0 fully saturated rings. The maximum Gasteiger partial charge on any atom is 0.416 e. The fourth-order valence-electron chi connectivity index (χ4n) is 2.27. The summed E-state index contributed by atoms with van der Waals surface area (Å²) >= 11 is 0. The zero-order chi connectivity index (χ0) is 20.0. The molecular formula is C19H19F3N2O3. The van der Waals surface area contributed by atoms with Gasteiger partial charge >= 0.3 is 12.1 Å². The molecule has 0 aliphatic carbocycles. The first-order valence-electron chi connectivity index (χ1n) is 8.16. The second-order valence-corrected chi connectivity index (χ2v) is 6.05. The molecule has 0 bridgehead atoms.